The molecule has 0 saturated carbocycles. The van der Waals surface area contributed by atoms with Gasteiger partial charge >= 0.3 is 5.97 Å². The molecule has 0 spiro atoms. The van der Waals surface area contributed by atoms with E-state index in [4.69, 9.17) is 5.11 Å². The summed E-state index contributed by atoms with van der Waals surface area (Å²) in [6.07, 6.45) is -0.451. The van der Waals surface area contributed by atoms with E-state index in [1.165, 1.54) is 0 Å². The minimum atomic E-state index is -1.80. The molecule has 1 rings (SSSR count). The summed E-state index contributed by atoms with van der Waals surface area (Å²) in [5, 5.41) is 8.52. The third-order valence-corrected chi connectivity index (χ3v) is 2.33. The van der Waals surface area contributed by atoms with E-state index < -0.39 is 40.4 Å². The van der Waals surface area contributed by atoms with E-state index in [1.807, 2.05) is 0 Å². The van der Waals surface area contributed by atoms with Crippen molar-refractivity contribution >= 4 is 5.97 Å². The van der Waals surface area contributed by atoms with Crippen molar-refractivity contribution in [3.05, 3.63) is 34.4 Å². The van der Waals surface area contributed by atoms with Crippen LogP contribution in [0.3, 0.4) is 0 Å². The number of methoxy groups -OCH3 is 1. The van der Waals surface area contributed by atoms with Gasteiger partial charge in [0.2, 0.25) is 0 Å². The van der Waals surface area contributed by atoms with Crippen LogP contribution in [0.25, 0.3) is 0 Å². The van der Waals surface area contributed by atoms with Crippen LogP contribution >= 0.6 is 0 Å². The molecule has 0 aliphatic rings. The number of hydrogen-bond donors (Lipinski definition) is 1. The van der Waals surface area contributed by atoms with Gasteiger partial charge in [-0.15, -0.1) is 0 Å². The zero-order valence-electron chi connectivity index (χ0n) is 9.40. The maximum atomic E-state index is 13.5. The summed E-state index contributed by atoms with van der Waals surface area (Å²) in [6.45, 7) is -0.388. The van der Waals surface area contributed by atoms with E-state index in [0.717, 1.165) is 7.11 Å². The average molecular weight is 266 g/mol. The molecule has 0 aliphatic carbocycles. The molecule has 0 radical (unpaired) electrons. The quantitative estimate of drug-likeness (QED) is 0.515. The number of aliphatic hydroxyl groups is 1. The van der Waals surface area contributed by atoms with Gasteiger partial charge in [0.25, 0.3) is 0 Å². The Morgan fingerprint density at radius 1 is 1.11 bits per heavy atom. The molecule has 0 atom stereocenters. The predicted octanol–water partition coefficient (Wildman–Crippen LogP) is 1.95. The molecule has 0 aromatic heterocycles. The van der Waals surface area contributed by atoms with Gasteiger partial charge in [0, 0.05) is 12.2 Å². The molecule has 0 aliphatic heterocycles. The molecule has 1 N–H and O–H groups in total. The number of ether oxygens (including phenoxy) is 1. The van der Waals surface area contributed by atoms with Crippen molar-refractivity contribution in [2.75, 3.05) is 13.7 Å². The van der Waals surface area contributed by atoms with Gasteiger partial charge in [-0.05, 0) is 12.8 Å². The normalized spacial score (nSPS) is 10.6. The Labute approximate surface area is 100.0 Å². The van der Waals surface area contributed by atoms with Crippen LogP contribution in [0.5, 0.6) is 0 Å². The first-order valence-electron chi connectivity index (χ1n) is 4.99. The summed E-state index contributed by atoms with van der Waals surface area (Å²) in [5.74, 6) is -8.40. The Bertz CT molecular complexity index is 445. The number of esters is 1. The molecule has 1 aromatic rings. The fraction of sp³-hybridized carbons (Fsp3) is 0.364. The van der Waals surface area contributed by atoms with Crippen molar-refractivity contribution < 1.29 is 32.2 Å². The lowest BCUT2D eigenvalue weighted by Gasteiger charge is -2.10. The topological polar surface area (TPSA) is 46.5 Å². The number of carbonyl (C=O) groups is 1. The minimum absolute atomic E-state index is 0.0652. The van der Waals surface area contributed by atoms with Crippen molar-refractivity contribution in [2.24, 2.45) is 0 Å². The molecule has 0 amide bonds. The molecule has 0 heterocycles. The number of rotatable bonds is 4. The first kappa shape index (κ1) is 14.4. The zero-order valence-corrected chi connectivity index (χ0v) is 9.40. The van der Waals surface area contributed by atoms with Gasteiger partial charge in [-0.25, -0.2) is 22.4 Å². The number of benzene rings is 1. The van der Waals surface area contributed by atoms with Crippen LogP contribution in [0, 0.1) is 23.3 Å². The SMILES string of the molecule is COC(=O)c1c(F)c(F)c(CCCO)c(F)c1F. The Balaban J connectivity index is 3.40. The highest BCUT2D eigenvalue weighted by molar-refractivity contribution is 5.90. The van der Waals surface area contributed by atoms with Crippen molar-refractivity contribution in [1.82, 2.24) is 0 Å². The number of hydrogen-bond acceptors (Lipinski definition) is 3. The molecule has 18 heavy (non-hydrogen) atoms. The summed E-state index contributed by atoms with van der Waals surface area (Å²) in [7, 11) is 0.830. The van der Waals surface area contributed by atoms with E-state index in [2.05, 4.69) is 4.74 Å². The van der Waals surface area contributed by atoms with E-state index in [1.54, 1.807) is 0 Å². The Hall–Kier alpha value is -1.63. The molecule has 0 bridgehead atoms. The second-order valence-corrected chi connectivity index (χ2v) is 3.43. The third-order valence-electron chi connectivity index (χ3n) is 2.33. The predicted molar refractivity (Wildman–Crippen MR) is 53.0 cm³/mol. The number of carbonyl (C=O) groups excluding carboxylic acids is 1. The van der Waals surface area contributed by atoms with Crippen molar-refractivity contribution in [2.45, 2.75) is 12.8 Å². The van der Waals surface area contributed by atoms with Gasteiger partial charge in [-0.1, -0.05) is 0 Å². The van der Waals surface area contributed by atoms with E-state index in [-0.39, 0.29) is 19.4 Å². The molecule has 0 fully saturated rings. The Morgan fingerprint density at radius 2 is 1.61 bits per heavy atom. The zero-order chi connectivity index (χ0) is 13.9. The lowest BCUT2D eigenvalue weighted by atomic mass is 10.0. The van der Waals surface area contributed by atoms with Crippen LogP contribution in [0.15, 0.2) is 0 Å². The monoisotopic (exact) mass is 266 g/mol. The summed E-state index contributed by atoms with van der Waals surface area (Å²) in [5.41, 5.74) is -2.24. The highest BCUT2D eigenvalue weighted by Crippen LogP contribution is 2.25. The fourth-order valence-electron chi connectivity index (χ4n) is 1.43. The second kappa shape index (κ2) is 5.81. The van der Waals surface area contributed by atoms with Gasteiger partial charge in [-0.2, -0.15) is 0 Å². The molecule has 7 heteroatoms. The third kappa shape index (κ3) is 2.45. The molecule has 3 nitrogen and oxygen atoms in total. The Kier molecular flexibility index (Phi) is 4.66. The van der Waals surface area contributed by atoms with Crippen LogP contribution < -0.4 is 0 Å². The van der Waals surface area contributed by atoms with Gasteiger partial charge < -0.3 is 9.84 Å². The lowest BCUT2D eigenvalue weighted by molar-refractivity contribution is 0.0586. The summed E-state index contributed by atoms with van der Waals surface area (Å²) < 4.78 is 57.8. The second-order valence-electron chi connectivity index (χ2n) is 3.43. The van der Waals surface area contributed by atoms with Crippen LogP contribution in [0.4, 0.5) is 17.6 Å². The van der Waals surface area contributed by atoms with Crippen LogP contribution in [0.2, 0.25) is 0 Å². The number of halogens is 4. The smallest absolute Gasteiger partial charge is 0.344 e. The van der Waals surface area contributed by atoms with Crippen molar-refractivity contribution in [1.29, 1.82) is 0 Å². The molecule has 0 unspecified atom stereocenters. The largest absolute Gasteiger partial charge is 0.465 e. The van der Waals surface area contributed by atoms with Crippen LogP contribution in [-0.2, 0) is 11.2 Å². The van der Waals surface area contributed by atoms with Crippen LogP contribution in [-0.4, -0.2) is 24.8 Å². The van der Waals surface area contributed by atoms with Gasteiger partial charge in [0.05, 0.1) is 7.11 Å². The molecule has 1 aromatic carbocycles. The number of aliphatic hydroxyl groups excluding tert-OH is 1. The minimum Gasteiger partial charge on any atom is -0.465 e. The summed E-state index contributed by atoms with van der Waals surface area (Å²) >= 11 is 0. The van der Waals surface area contributed by atoms with Crippen molar-refractivity contribution in [3.63, 3.8) is 0 Å². The van der Waals surface area contributed by atoms with Crippen molar-refractivity contribution in [3.8, 4) is 0 Å². The average Bonchev–Trinajstić information content (AvgIpc) is 2.36. The van der Waals surface area contributed by atoms with Crippen LogP contribution in [0.1, 0.15) is 22.3 Å². The Morgan fingerprint density at radius 3 is 2.00 bits per heavy atom. The highest BCUT2D eigenvalue weighted by atomic mass is 19.2. The van der Waals surface area contributed by atoms with E-state index >= 15 is 0 Å². The molecular formula is C11H10F4O3. The fourth-order valence-corrected chi connectivity index (χ4v) is 1.43. The molecule has 100 valence electrons. The maximum absolute atomic E-state index is 13.5. The van der Waals surface area contributed by atoms with E-state index in [0.29, 0.717) is 0 Å². The van der Waals surface area contributed by atoms with Gasteiger partial charge in [0.15, 0.2) is 23.3 Å². The van der Waals surface area contributed by atoms with Gasteiger partial charge in [0.1, 0.15) is 5.56 Å². The van der Waals surface area contributed by atoms with Gasteiger partial charge in [-0.3, -0.25) is 0 Å². The first-order valence-corrected chi connectivity index (χ1v) is 4.99. The molecular weight excluding hydrogens is 256 g/mol. The summed E-state index contributed by atoms with van der Waals surface area (Å²) in [4.78, 5) is 11.0. The van der Waals surface area contributed by atoms with E-state index in [9.17, 15) is 22.4 Å². The summed E-state index contributed by atoms with van der Waals surface area (Å²) in [6, 6.07) is 0. The maximum Gasteiger partial charge on any atom is 0.344 e. The lowest BCUT2D eigenvalue weighted by Crippen LogP contribution is -2.14. The first-order chi connectivity index (χ1) is 8.45. The standard InChI is InChI=1S/C11H10F4O3/c1-18-11(17)6-9(14)7(12)5(3-2-4-16)8(13)10(6)15/h16H,2-4H2,1H3. The highest BCUT2D eigenvalue weighted by Gasteiger charge is 2.29. The molecule has 0 saturated heterocycles.